The van der Waals surface area contributed by atoms with Crippen LogP contribution in [0, 0.1) is 11.8 Å². The van der Waals surface area contributed by atoms with Crippen molar-refractivity contribution in [1.29, 1.82) is 0 Å². The lowest BCUT2D eigenvalue weighted by Gasteiger charge is -2.33. The van der Waals surface area contributed by atoms with Gasteiger partial charge in [0.2, 0.25) is 0 Å². The van der Waals surface area contributed by atoms with Crippen LogP contribution in [-0.4, -0.2) is 37.7 Å². The smallest absolute Gasteiger partial charge is 0.119 e. The van der Waals surface area contributed by atoms with Gasteiger partial charge in [-0.05, 0) is 113 Å². The number of nitrogens with zero attached hydrogens (tertiary/aromatic N) is 1. The van der Waals surface area contributed by atoms with Gasteiger partial charge in [0.15, 0.2) is 0 Å². The first kappa shape index (κ1) is 20.2. The molecule has 0 spiro atoms. The van der Waals surface area contributed by atoms with Gasteiger partial charge in [0.1, 0.15) is 5.75 Å². The second-order valence-electron chi connectivity index (χ2n) is 8.37. The van der Waals surface area contributed by atoms with Gasteiger partial charge in [0.05, 0.1) is 7.11 Å². The summed E-state index contributed by atoms with van der Waals surface area (Å²) in [5.41, 5.74) is 7.41. The zero-order valence-corrected chi connectivity index (χ0v) is 17.8. The largest absolute Gasteiger partial charge is 0.497 e. The summed E-state index contributed by atoms with van der Waals surface area (Å²) in [6.07, 6.45) is 11.8. The Morgan fingerprint density at radius 2 is 1.81 bits per heavy atom. The summed E-state index contributed by atoms with van der Waals surface area (Å²) < 4.78 is 6.60. The minimum atomic E-state index is 0.481. The summed E-state index contributed by atoms with van der Waals surface area (Å²) in [4.78, 5) is 2.69. The van der Waals surface area contributed by atoms with Gasteiger partial charge < -0.3 is 15.4 Å². The molecular formula is C22H35BrN2O. The highest BCUT2D eigenvalue weighted by Crippen LogP contribution is 2.30. The summed E-state index contributed by atoms with van der Waals surface area (Å²) in [5, 5.41) is 0. The standard InChI is InChI=1S/C22H35BrN2O/c1-26-21-8-9-22(23)19(16-21)15-18-10-13-25(14-11-18)12-2-3-17-4-6-20(24)7-5-17/h8-9,16-18,20H,2-7,10-15,24H2,1H3. The van der Waals surface area contributed by atoms with Crippen molar-refractivity contribution in [2.45, 2.75) is 63.8 Å². The first-order valence-electron chi connectivity index (χ1n) is 10.4. The van der Waals surface area contributed by atoms with E-state index in [0.29, 0.717) is 6.04 Å². The van der Waals surface area contributed by atoms with Gasteiger partial charge in [-0.1, -0.05) is 15.9 Å². The number of piperidine rings is 1. The van der Waals surface area contributed by atoms with E-state index in [4.69, 9.17) is 10.5 Å². The highest BCUT2D eigenvalue weighted by molar-refractivity contribution is 9.10. The van der Waals surface area contributed by atoms with E-state index in [9.17, 15) is 0 Å². The van der Waals surface area contributed by atoms with E-state index in [0.717, 1.165) is 24.0 Å². The Kier molecular flexibility index (Phi) is 7.83. The van der Waals surface area contributed by atoms with Crippen molar-refractivity contribution in [2.24, 2.45) is 17.6 Å². The van der Waals surface area contributed by atoms with Crippen LogP contribution in [0.4, 0.5) is 0 Å². The molecule has 2 N–H and O–H groups in total. The van der Waals surface area contributed by atoms with Crippen LogP contribution in [0.25, 0.3) is 0 Å². The van der Waals surface area contributed by atoms with Gasteiger partial charge in [-0.2, -0.15) is 0 Å². The van der Waals surface area contributed by atoms with E-state index in [1.54, 1.807) is 7.11 Å². The topological polar surface area (TPSA) is 38.5 Å². The number of rotatable bonds is 7. The minimum absolute atomic E-state index is 0.481. The van der Waals surface area contributed by atoms with Gasteiger partial charge in [-0.25, -0.2) is 0 Å². The predicted octanol–water partition coefficient (Wildman–Crippen LogP) is 5.01. The third kappa shape index (κ3) is 5.97. The molecule has 0 bridgehead atoms. The molecule has 0 atom stereocenters. The monoisotopic (exact) mass is 422 g/mol. The maximum Gasteiger partial charge on any atom is 0.119 e. The van der Waals surface area contributed by atoms with Crippen molar-refractivity contribution >= 4 is 15.9 Å². The maximum absolute atomic E-state index is 6.02. The van der Waals surface area contributed by atoms with Gasteiger partial charge in [-0.3, -0.25) is 0 Å². The summed E-state index contributed by atoms with van der Waals surface area (Å²) in [6.45, 7) is 3.82. The number of nitrogens with two attached hydrogens (primary N) is 1. The molecule has 1 heterocycles. The van der Waals surface area contributed by atoms with Gasteiger partial charge >= 0.3 is 0 Å². The minimum Gasteiger partial charge on any atom is -0.497 e. The molecule has 0 radical (unpaired) electrons. The summed E-state index contributed by atoms with van der Waals surface area (Å²) in [7, 11) is 1.74. The molecule has 2 fully saturated rings. The zero-order valence-electron chi connectivity index (χ0n) is 16.3. The van der Waals surface area contributed by atoms with E-state index in [2.05, 4.69) is 33.0 Å². The Labute approximate surface area is 167 Å². The SMILES string of the molecule is COc1ccc(Br)c(CC2CCN(CCCC3CCC(N)CC3)CC2)c1. The number of benzene rings is 1. The van der Waals surface area contributed by atoms with Gasteiger partial charge in [0, 0.05) is 10.5 Å². The van der Waals surface area contributed by atoms with E-state index in [1.165, 1.54) is 81.0 Å². The molecule has 1 saturated heterocycles. The van der Waals surface area contributed by atoms with Gasteiger partial charge in [-0.15, -0.1) is 0 Å². The Balaban J connectivity index is 1.35. The highest BCUT2D eigenvalue weighted by Gasteiger charge is 2.22. The normalized spacial score (nSPS) is 25.3. The molecule has 2 aliphatic rings. The van der Waals surface area contributed by atoms with Crippen LogP contribution in [-0.2, 0) is 6.42 Å². The van der Waals surface area contributed by atoms with Crippen LogP contribution in [0.1, 0.15) is 56.9 Å². The zero-order chi connectivity index (χ0) is 18.4. The summed E-state index contributed by atoms with van der Waals surface area (Å²) >= 11 is 3.70. The molecule has 0 aromatic heterocycles. The Morgan fingerprint density at radius 1 is 1.08 bits per heavy atom. The lowest BCUT2D eigenvalue weighted by molar-refractivity contribution is 0.175. The molecule has 1 saturated carbocycles. The van der Waals surface area contributed by atoms with E-state index < -0.39 is 0 Å². The second kappa shape index (κ2) is 10.1. The van der Waals surface area contributed by atoms with Crippen molar-refractivity contribution in [3.8, 4) is 5.75 Å². The number of halogens is 1. The number of hydrogen-bond donors (Lipinski definition) is 1. The second-order valence-corrected chi connectivity index (χ2v) is 9.22. The molecule has 1 aliphatic carbocycles. The first-order valence-corrected chi connectivity index (χ1v) is 11.2. The van der Waals surface area contributed by atoms with Crippen molar-refractivity contribution in [3.05, 3.63) is 28.2 Å². The number of ether oxygens (including phenoxy) is 1. The maximum atomic E-state index is 6.02. The van der Waals surface area contributed by atoms with Crippen molar-refractivity contribution in [1.82, 2.24) is 4.90 Å². The molecule has 0 unspecified atom stereocenters. The average Bonchev–Trinajstić information content (AvgIpc) is 2.66. The van der Waals surface area contributed by atoms with Crippen molar-refractivity contribution in [2.75, 3.05) is 26.7 Å². The van der Waals surface area contributed by atoms with Crippen LogP contribution in [0.5, 0.6) is 5.75 Å². The Bertz CT molecular complexity index is 549. The molecule has 1 aromatic rings. The highest BCUT2D eigenvalue weighted by atomic mass is 79.9. The fraction of sp³-hybridized carbons (Fsp3) is 0.727. The van der Waals surface area contributed by atoms with Crippen LogP contribution in [0.15, 0.2) is 22.7 Å². The quantitative estimate of drug-likeness (QED) is 0.670. The average molecular weight is 423 g/mol. The molecule has 1 aliphatic heterocycles. The van der Waals surface area contributed by atoms with Crippen LogP contribution < -0.4 is 10.5 Å². The Morgan fingerprint density at radius 3 is 2.50 bits per heavy atom. The first-order chi connectivity index (χ1) is 12.6. The number of hydrogen-bond acceptors (Lipinski definition) is 3. The molecule has 0 amide bonds. The van der Waals surface area contributed by atoms with Crippen LogP contribution in [0.2, 0.25) is 0 Å². The molecule has 26 heavy (non-hydrogen) atoms. The third-order valence-electron chi connectivity index (χ3n) is 6.45. The number of methoxy groups -OCH3 is 1. The molecule has 4 heteroatoms. The fourth-order valence-corrected chi connectivity index (χ4v) is 5.05. The lowest BCUT2D eigenvalue weighted by atomic mass is 9.83. The Hall–Kier alpha value is -0.580. The lowest BCUT2D eigenvalue weighted by Crippen LogP contribution is -2.35. The predicted molar refractivity (Wildman–Crippen MR) is 113 cm³/mol. The third-order valence-corrected chi connectivity index (χ3v) is 7.22. The van der Waals surface area contributed by atoms with Crippen LogP contribution >= 0.6 is 15.9 Å². The van der Waals surface area contributed by atoms with Crippen molar-refractivity contribution in [3.63, 3.8) is 0 Å². The van der Waals surface area contributed by atoms with Gasteiger partial charge in [0.25, 0.3) is 0 Å². The van der Waals surface area contributed by atoms with E-state index in [-0.39, 0.29) is 0 Å². The molecule has 146 valence electrons. The molecular weight excluding hydrogens is 388 g/mol. The number of likely N-dealkylation sites (tertiary alicyclic amines) is 1. The van der Waals surface area contributed by atoms with Crippen LogP contribution in [0.3, 0.4) is 0 Å². The fourth-order valence-electron chi connectivity index (χ4n) is 4.64. The summed E-state index contributed by atoms with van der Waals surface area (Å²) in [5.74, 6) is 2.71. The van der Waals surface area contributed by atoms with Crippen molar-refractivity contribution < 1.29 is 4.74 Å². The van der Waals surface area contributed by atoms with E-state index >= 15 is 0 Å². The molecule has 3 nitrogen and oxygen atoms in total. The van der Waals surface area contributed by atoms with E-state index in [1.807, 2.05) is 6.07 Å². The molecule has 1 aromatic carbocycles. The molecule has 3 rings (SSSR count). The summed E-state index contributed by atoms with van der Waals surface area (Å²) in [6, 6.07) is 6.80.